The molecule has 0 aliphatic rings. The van der Waals surface area contributed by atoms with Crippen LogP contribution in [0.4, 0.5) is 0 Å². The molecular weight excluding hydrogens is 132 g/mol. The zero-order valence-corrected chi connectivity index (χ0v) is 8.45. The second-order valence-electron chi connectivity index (χ2n) is 4.22. The van der Waals surface area contributed by atoms with E-state index in [-0.39, 0.29) is 0 Å². The van der Waals surface area contributed by atoms with Crippen molar-refractivity contribution in [3.05, 3.63) is 6.92 Å². The van der Waals surface area contributed by atoms with Crippen LogP contribution < -0.4 is 0 Å². The van der Waals surface area contributed by atoms with Gasteiger partial charge >= 0.3 is 0 Å². The normalized spacial score (nSPS) is 12.0. The van der Waals surface area contributed by atoms with Gasteiger partial charge in [-0.3, -0.25) is 0 Å². The zero-order valence-electron chi connectivity index (χ0n) is 8.45. The maximum atomic E-state index is 3.85. The van der Waals surface area contributed by atoms with Crippen LogP contribution in [0.5, 0.6) is 0 Å². The molecule has 67 valence electrons. The molecule has 0 nitrogen and oxygen atoms in total. The fourth-order valence-electron chi connectivity index (χ4n) is 1.58. The van der Waals surface area contributed by atoms with E-state index >= 15 is 0 Å². The molecule has 0 saturated carbocycles. The standard InChI is InChI=1S/C11H23/c1-5-7-8-10-11(3,4)9-6-2/h1,5-10H2,2-4H3. The molecule has 0 bridgehead atoms. The van der Waals surface area contributed by atoms with Crippen LogP contribution in [0.3, 0.4) is 0 Å². The quantitative estimate of drug-likeness (QED) is 0.504. The Morgan fingerprint density at radius 2 is 1.73 bits per heavy atom. The highest BCUT2D eigenvalue weighted by atomic mass is 14.2. The topological polar surface area (TPSA) is 0 Å². The van der Waals surface area contributed by atoms with E-state index in [9.17, 15) is 0 Å². The lowest BCUT2D eigenvalue weighted by atomic mass is 9.83. The summed E-state index contributed by atoms with van der Waals surface area (Å²) in [6.07, 6.45) is 7.81. The van der Waals surface area contributed by atoms with Crippen molar-refractivity contribution in [2.24, 2.45) is 5.41 Å². The van der Waals surface area contributed by atoms with Gasteiger partial charge in [0.1, 0.15) is 0 Å². The molecule has 0 atom stereocenters. The van der Waals surface area contributed by atoms with Gasteiger partial charge in [-0.1, -0.05) is 53.4 Å². The van der Waals surface area contributed by atoms with Crippen molar-refractivity contribution in [3.63, 3.8) is 0 Å². The number of hydrogen-bond donors (Lipinski definition) is 0. The lowest BCUT2D eigenvalue weighted by molar-refractivity contribution is 0.293. The highest BCUT2D eigenvalue weighted by Gasteiger charge is 2.14. The maximum absolute atomic E-state index is 3.85. The molecule has 0 aliphatic carbocycles. The van der Waals surface area contributed by atoms with E-state index < -0.39 is 0 Å². The summed E-state index contributed by atoms with van der Waals surface area (Å²) in [4.78, 5) is 0. The van der Waals surface area contributed by atoms with Gasteiger partial charge < -0.3 is 0 Å². The molecule has 0 aromatic rings. The van der Waals surface area contributed by atoms with Gasteiger partial charge in [-0.2, -0.15) is 0 Å². The molecule has 0 fully saturated rings. The summed E-state index contributed by atoms with van der Waals surface area (Å²) in [5, 5.41) is 0. The van der Waals surface area contributed by atoms with Crippen LogP contribution in [-0.2, 0) is 0 Å². The van der Waals surface area contributed by atoms with Crippen molar-refractivity contribution in [1.82, 2.24) is 0 Å². The second-order valence-corrected chi connectivity index (χ2v) is 4.22. The Balaban J connectivity index is 3.38. The summed E-state index contributed by atoms with van der Waals surface area (Å²) in [6.45, 7) is 10.9. The minimum Gasteiger partial charge on any atom is -0.0654 e. The van der Waals surface area contributed by atoms with Crippen molar-refractivity contribution in [2.75, 3.05) is 0 Å². The predicted octanol–water partition coefficient (Wildman–Crippen LogP) is 4.21. The molecule has 0 unspecified atom stereocenters. The molecule has 11 heavy (non-hydrogen) atoms. The van der Waals surface area contributed by atoms with Gasteiger partial charge in [0.25, 0.3) is 0 Å². The molecule has 0 aliphatic heterocycles. The summed E-state index contributed by atoms with van der Waals surface area (Å²) < 4.78 is 0. The Kier molecular flexibility index (Phi) is 5.62. The van der Waals surface area contributed by atoms with Crippen LogP contribution in [-0.4, -0.2) is 0 Å². The molecule has 0 aromatic carbocycles. The maximum Gasteiger partial charge on any atom is -0.0354 e. The van der Waals surface area contributed by atoms with E-state index in [4.69, 9.17) is 0 Å². The van der Waals surface area contributed by atoms with Crippen LogP contribution in [0.15, 0.2) is 0 Å². The van der Waals surface area contributed by atoms with Crippen molar-refractivity contribution in [1.29, 1.82) is 0 Å². The number of hydrogen-bond acceptors (Lipinski definition) is 0. The first kappa shape index (κ1) is 11.0. The van der Waals surface area contributed by atoms with Gasteiger partial charge in [0.15, 0.2) is 0 Å². The fourth-order valence-corrected chi connectivity index (χ4v) is 1.58. The van der Waals surface area contributed by atoms with Crippen LogP contribution in [0.1, 0.15) is 59.3 Å². The molecule has 0 heterocycles. The lowest BCUT2D eigenvalue weighted by Crippen LogP contribution is -2.10. The highest BCUT2D eigenvalue weighted by Crippen LogP contribution is 2.28. The van der Waals surface area contributed by atoms with Gasteiger partial charge in [-0.05, 0) is 18.3 Å². The predicted molar refractivity (Wildman–Crippen MR) is 52.5 cm³/mol. The second kappa shape index (κ2) is 5.62. The van der Waals surface area contributed by atoms with Gasteiger partial charge in [-0.25, -0.2) is 0 Å². The molecule has 0 aromatic heterocycles. The summed E-state index contributed by atoms with van der Waals surface area (Å²) in [6, 6.07) is 0. The smallest absolute Gasteiger partial charge is 0.0354 e. The van der Waals surface area contributed by atoms with E-state index in [1.165, 1.54) is 32.1 Å². The van der Waals surface area contributed by atoms with Crippen LogP contribution in [0, 0.1) is 12.3 Å². The summed E-state index contributed by atoms with van der Waals surface area (Å²) in [5.74, 6) is 0. The van der Waals surface area contributed by atoms with Gasteiger partial charge in [0, 0.05) is 0 Å². The summed E-state index contributed by atoms with van der Waals surface area (Å²) >= 11 is 0. The Morgan fingerprint density at radius 1 is 1.09 bits per heavy atom. The third-order valence-electron chi connectivity index (χ3n) is 2.28. The molecule has 0 heteroatoms. The van der Waals surface area contributed by atoms with Crippen LogP contribution in [0.2, 0.25) is 0 Å². The molecular formula is C11H23. The average Bonchev–Trinajstić information content (AvgIpc) is 1.87. The molecule has 0 N–H and O–H groups in total. The monoisotopic (exact) mass is 155 g/mol. The number of unbranched alkanes of at least 4 members (excludes halogenated alkanes) is 2. The largest absolute Gasteiger partial charge is 0.0654 e. The van der Waals surface area contributed by atoms with Crippen molar-refractivity contribution in [2.45, 2.75) is 59.3 Å². The van der Waals surface area contributed by atoms with E-state index in [0.717, 1.165) is 6.42 Å². The molecule has 0 spiro atoms. The molecule has 1 radical (unpaired) electrons. The number of rotatable bonds is 6. The van der Waals surface area contributed by atoms with Crippen molar-refractivity contribution < 1.29 is 0 Å². The minimum atomic E-state index is 0.573. The average molecular weight is 155 g/mol. The molecule has 0 rings (SSSR count). The molecule has 0 saturated heterocycles. The Hall–Kier alpha value is 0. The van der Waals surface area contributed by atoms with Gasteiger partial charge in [0.05, 0.1) is 0 Å². The SMILES string of the molecule is [CH2]CCCCC(C)(C)CCC. The summed E-state index contributed by atoms with van der Waals surface area (Å²) in [7, 11) is 0. The highest BCUT2D eigenvalue weighted by molar-refractivity contribution is 4.67. The van der Waals surface area contributed by atoms with Gasteiger partial charge in [-0.15, -0.1) is 0 Å². The zero-order chi connectivity index (χ0) is 8.74. The van der Waals surface area contributed by atoms with E-state index in [1.807, 2.05) is 0 Å². The van der Waals surface area contributed by atoms with E-state index in [2.05, 4.69) is 27.7 Å². The first-order chi connectivity index (χ1) is 5.12. The fraction of sp³-hybridized carbons (Fsp3) is 0.909. The molecule has 0 amide bonds. The van der Waals surface area contributed by atoms with Crippen molar-refractivity contribution >= 4 is 0 Å². The van der Waals surface area contributed by atoms with E-state index in [0.29, 0.717) is 5.41 Å². The minimum absolute atomic E-state index is 0.573. The Morgan fingerprint density at radius 3 is 2.18 bits per heavy atom. The van der Waals surface area contributed by atoms with Crippen LogP contribution >= 0.6 is 0 Å². The Bertz CT molecular complexity index is 82.0. The first-order valence-electron chi connectivity index (χ1n) is 4.91. The lowest BCUT2D eigenvalue weighted by Gasteiger charge is -2.23. The van der Waals surface area contributed by atoms with Crippen molar-refractivity contribution in [3.8, 4) is 0 Å². The Labute approximate surface area is 72.4 Å². The van der Waals surface area contributed by atoms with Gasteiger partial charge in [0.2, 0.25) is 0 Å². The van der Waals surface area contributed by atoms with E-state index in [1.54, 1.807) is 0 Å². The third kappa shape index (κ3) is 6.40. The first-order valence-corrected chi connectivity index (χ1v) is 4.91. The van der Waals surface area contributed by atoms with Crippen LogP contribution in [0.25, 0.3) is 0 Å². The summed E-state index contributed by atoms with van der Waals surface area (Å²) in [5.41, 5.74) is 0.573. The third-order valence-corrected chi connectivity index (χ3v) is 2.28.